The van der Waals surface area contributed by atoms with E-state index in [1.807, 2.05) is 49.1 Å². The van der Waals surface area contributed by atoms with Crippen molar-refractivity contribution in [1.82, 2.24) is 4.90 Å². The van der Waals surface area contributed by atoms with E-state index in [2.05, 4.69) is 4.90 Å². The minimum absolute atomic E-state index is 0.0721. The molecule has 2 aliphatic heterocycles. The number of hydrogen-bond donors (Lipinski definition) is 1. The third-order valence-electron chi connectivity index (χ3n) is 3.71. The molecule has 2 heterocycles. The van der Waals surface area contributed by atoms with Crippen molar-refractivity contribution < 1.29 is 9.53 Å². The zero-order valence-electron chi connectivity index (χ0n) is 13.4. The zero-order valence-corrected chi connectivity index (χ0v) is 13.4. The lowest BCUT2D eigenvalue weighted by atomic mass is 10.1. The highest BCUT2D eigenvalue weighted by atomic mass is 16.5. The molecule has 1 amide bonds. The molecule has 0 saturated carbocycles. The van der Waals surface area contributed by atoms with E-state index in [4.69, 9.17) is 10.5 Å². The molecule has 0 spiro atoms. The lowest BCUT2D eigenvalue weighted by Crippen LogP contribution is -2.45. The number of carbonyl (C=O) groups is 1. The van der Waals surface area contributed by atoms with Gasteiger partial charge in [0.2, 0.25) is 0 Å². The average molecular weight is 303 g/mol. The quantitative estimate of drug-likeness (QED) is 0.851. The van der Waals surface area contributed by atoms with Crippen LogP contribution in [0.3, 0.4) is 0 Å². The number of benzene rings is 1. The Labute approximate surface area is 132 Å². The molecule has 22 heavy (non-hydrogen) atoms. The van der Waals surface area contributed by atoms with E-state index in [1.165, 1.54) is 0 Å². The van der Waals surface area contributed by atoms with Crippen molar-refractivity contribution in [3.05, 3.63) is 36.0 Å². The van der Waals surface area contributed by atoms with Crippen molar-refractivity contribution in [3.63, 3.8) is 0 Å². The molecule has 0 radical (unpaired) electrons. The fourth-order valence-corrected chi connectivity index (χ4v) is 2.63. The van der Waals surface area contributed by atoms with Gasteiger partial charge < -0.3 is 20.3 Å². The minimum atomic E-state index is 0.0721. The van der Waals surface area contributed by atoms with E-state index in [9.17, 15) is 4.79 Å². The molecule has 2 aliphatic rings. The van der Waals surface area contributed by atoms with E-state index >= 15 is 0 Å². The highest BCUT2D eigenvalue weighted by Gasteiger charge is 2.27. The second-order valence-corrected chi connectivity index (χ2v) is 5.03. The summed E-state index contributed by atoms with van der Waals surface area (Å²) in [5.74, 6) is 0.0721. The Morgan fingerprint density at radius 1 is 1.05 bits per heavy atom. The summed E-state index contributed by atoms with van der Waals surface area (Å²) in [5.41, 5.74) is 8.12. The Hall–Kier alpha value is -2.01. The largest absolute Gasteiger partial charge is 0.399 e. The summed E-state index contributed by atoms with van der Waals surface area (Å²) < 4.78 is 5.34. The molecular weight excluding hydrogens is 278 g/mol. The van der Waals surface area contributed by atoms with Crippen molar-refractivity contribution >= 4 is 17.3 Å². The molecular formula is C17H25N3O2. The van der Waals surface area contributed by atoms with Gasteiger partial charge in [-0.2, -0.15) is 0 Å². The standard InChI is InChI=1S/C15H19N3O2.C2H6/c16-12-3-5-13(6-4-12)18-7-1-2-14(15(18)19)17-8-10-20-11-9-17;1-2/h2-6H,1,7-11,16H2;1-2H3. The third-order valence-corrected chi connectivity index (χ3v) is 3.71. The van der Waals surface area contributed by atoms with Crippen LogP contribution in [-0.2, 0) is 9.53 Å². The molecule has 0 bridgehead atoms. The molecule has 1 saturated heterocycles. The Balaban J connectivity index is 0.000000847. The second kappa shape index (κ2) is 7.84. The van der Waals surface area contributed by atoms with Gasteiger partial charge in [-0.15, -0.1) is 0 Å². The van der Waals surface area contributed by atoms with Gasteiger partial charge in [-0.05, 0) is 30.7 Å². The van der Waals surface area contributed by atoms with Gasteiger partial charge in [-0.1, -0.05) is 19.9 Å². The summed E-state index contributed by atoms with van der Waals surface area (Å²) in [6.45, 7) is 7.66. The van der Waals surface area contributed by atoms with Crippen LogP contribution in [-0.4, -0.2) is 43.7 Å². The maximum atomic E-state index is 12.7. The first-order valence-electron chi connectivity index (χ1n) is 7.96. The normalized spacial score (nSPS) is 18.5. The monoisotopic (exact) mass is 303 g/mol. The molecule has 0 atom stereocenters. The predicted octanol–water partition coefficient (Wildman–Crippen LogP) is 2.25. The van der Waals surface area contributed by atoms with Crippen molar-refractivity contribution in [3.8, 4) is 0 Å². The first-order valence-corrected chi connectivity index (χ1v) is 7.96. The fraction of sp³-hybridized carbons (Fsp3) is 0.471. The number of nitrogen functional groups attached to an aromatic ring is 1. The van der Waals surface area contributed by atoms with Gasteiger partial charge in [0.05, 0.1) is 18.9 Å². The number of nitrogens with zero attached hydrogens (tertiary/aromatic N) is 2. The minimum Gasteiger partial charge on any atom is -0.399 e. The third kappa shape index (κ3) is 3.60. The maximum absolute atomic E-state index is 12.7. The second-order valence-electron chi connectivity index (χ2n) is 5.03. The zero-order chi connectivity index (χ0) is 15.9. The first kappa shape index (κ1) is 16.4. The van der Waals surface area contributed by atoms with Crippen LogP contribution >= 0.6 is 0 Å². The molecule has 1 fully saturated rings. The molecule has 0 unspecified atom stereocenters. The lowest BCUT2D eigenvalue weighted by Gasteiger charge is -2.35. The molecule has 0 aliphatic carbocycles. The van der Waals surface area contributed by atoms with Crippen LogP contribution in [0.25, 0.3) is 0 Å². The van der Waals surface area contributed by atoms with Gasteiger partial charge in [-0.3, -0.25) is 4.79 Å². The predicted molar refractivity (Wildman–Crippen MR) is 89.6 cm³/mol. The maximum Gasteiger partial charge on any atom is 0.274 e. The molecule has 2 N–H and O–H groups in total. The van der Waals surface area contributed by atoms with Crippen LogP contribution in [0.1, 0.15) is 20.3 Å². The van der Waals surface area contributed by atoms with Crippen molar-refractivity contribution in [1.29, 1.82) is 0 Å². The lowest BCUT2D eigenvalue weighted by molar-refractivity contribution is -0.117. The van der Waals surface area contributed by atoms with Crippen molar-refractivity contribution in [2.45, 2.75) is 20.3 Å². The highest BCUT2D eigenvalue weighted by molar-refractivity contribution is 6.06. The van der Waals surface area contributed by atoms with E-state index in [0.717, 1.165) is 37.4 Å². The average Bonchev–Trinajstić information content (AvgIpc) is 2.59. The summed E-state index contributed by atoms with van der Waals surface area (Å²) in [6.07, 6.45) is 2.92. The van der Waals surface area contributed by atoms with Crippen LogP contribution in [0.2, 0.25) is 0 Å². The number of morpholine rings is 1. The number of nitrogens with two attached hydrogens (primary N) is 1. The smallest absolute Gasteiger partial charge is 0.274 e. The summed E-state index contributed by atoms with van der Waals surface area (Å²) in [5, 5.41) is 0. The molecule has 1 aromatic rings. The van der Waals surface area contributed by atoms with Crippen LogP contribution < -0.4 is 10.6 Å². The first-order chi connectivity index (χ1) is 10.8. The van der Waals surface area contributed by atoms with Crippen LogP contribution in [0.4, 0.5) is 11.4 Å². The molecule has 0 aromatic heterocycles. The topological polar surface area (TPSA) is 58.8 Å². The van der Waals surface area contributed by atoms with Crippen molar-refractivity contribution in [2.24, 2.45) is 0 Å². The summed E-state index contributed by atoms with van der Waals surface area (Å²) >= 11 is 0. The molecule has 120 valence electrons. The fourth-order valence-electron chi connectivity index (χ4n) is 2.63. The van der Waals surface area contributed by atoms with Crippen LogP contribution in [0, 0.1) is 0 Å². The van der Waals surface area contributed by atoms with Crippen LogP contribution in [0.15, 0.2) is 36.0 Å². The number of hydrogen-bond acceptors (Lipinski definition) is 4. The van der Waals surface area contributed by atoms with Gasteiger partial charge in [0.1, 0.15) is 0 Å². The number of carbonyl (C=O) groups excluding carboxylic acids is 1. The Morgan fingerprint density at radius 2 is 1.68 bits per heavy atom. The number of amides is 1. The summed E-state index contributed by atoms with van der Waals surface area (Å²) in [6, 6.07) is 7.45. The van der Waals surface area contributed by atoms with Gasteiger partial charge in [-0.25, -0.2) is 0 Å². The summed E-state index contributed by atoms with van der Waals surface area (Å²) in [4.78, 5) is 16.6. The number of anilines is 2. The van der Waals surface area contributed by atoms with Gasteiger partial charge >= 0.3 is 0 Å². The Kier molecular flexibility index (Phi) is 5.83. The van der Waals surface area contributed by atoms with E-state index in [-0.39, 0.29) is 5.91 Å². The molecule has 5 nitrogen and oxygen atoms in total. The SMILES string of the molecule is CC.Nc1ccc(N2CCC=C(N3CCOCC3)C2=O)cc1. The van der Waals surface area contributed by atoms with Gasteiger partial charge in [0.25, 0.3) is 5.91 Å². The summed E-state index contributed by atoms with van der Waals surface area (Å²) in [7, 11) is 0. The molecule has 1 aromatic carbocycles. The number of rotatable bonds is 2. The molecule has 3 rings (SSSR count). The molecule has 5 heteroatoms. The van der Waals surface area contributed by atoms with Crippen LogP contribution in [0.5, 0.6) is 0 Å². The van der Waals surface area contributed by atoms with E-state index in [1.54, 1.807) is 0 Å². The Morgan fingerprint density at radius 3 is 2.32 bits per heavy atom. The highest BCUT2D eigenvalue weighted by Crippen LogP contribution is 2.24. The van der Waals surface area contributed by atoms with Gasteiger partial charge in [0, 0.05) is 31.0 Å². The van der Waals surface area contributed by atoms with Gasteiger partial charge in [0.15, 0.2) is 0 Å². The Bertz CT molecular complexity index is 519. The van der Waals surface area contributed by atoms with E-state index in [0.29, 0.717) is 18.9 Å². The van der Waals surface area contributed by atoms with Crippen molar-refractivity contribution in [2.75, 3.05) is 43.5 Å². The number of ether oxygens (including phenoxy) is 1. The van der Waals surface area contributed by atoms with E-state index < -0.39 is 0 Å².